The van der Waals surface area contributed by atoms with Crippen LogP contribution in [0.4, 0.5) is 18.9 Å². The third kappa shape index (κ3) is 3.11. The van der Waals surface area contributed by atoms with Crippen LogP contribution in [0, 0.1) is 17.5 Å². The maximum atomic E-state index is 13.5. The number of hydrogen-bond donors (Lipinski definition) is 2. The molecule has 0 spiro atoms. The van der Waals surface area contributed by atoms with E-state index in [9.17, 15) is 18.3 Å². The van der Waals surface area contributed by atoms with Gasteiger partial charge in [-0.15, -0.1) is 0 Å². The Kier molecular flexibility index (Phi) is 3.99. The van der Waals surface area contributed by atoms with Gasteiger partial charge in [-0.25, -0.2) is 13.2 Å². The standard InChI is InChI=1S/C15H14F3NO/c1-15(20,10-5-3-2-4-6-10)9-19-14-8-12(17)11(16)7-13(14)18/h2-8,19-20H,9H2,1H3. The van der Waals surface area contributed by atoms with Crippen LogP contribution in [-0.4, -0.2) is 11.7 Å². The molecular weight excluding hydrogens is 267 g/mol. The summed E-state index contributed by atoms with van der Waals surface area (Å²) in [5, 5.41) is 12.9. The average Bonchev–Trinajstić information content (AvgIpc) is 2.42. The van der Waals surface area contributed by atoms with Crippen molar-refractivity contribution in [3.05, 3.63) is 65.5 Å². The summed E-state index contributed by atoms with van der Waals surface area (Å²) in [5.74, 6) is -3.30. The lowest BCUT2D eigenvalue weighted by molar-refractivity contribution is 0.0714. The summed E-state index contributed by atoms with van der Waals surface area (Å²) >= 11 is 0. The molecule has 0 aromatic heterocycles. The van der Waals surface area contributed by atoms with Crippen molar-refractivity contribution < 1.29 is 18.3 Å². The lowest BCUT2D eigenvalue weighted by Crippen LogP contribution is -2.31. The lowest BCUT2D eigenvalue weighted by Gasteiger charge is -2.25. The van der Waals surface area contributed by atoms with Gasteiger partial charge in [0.1, 0.15) is 11.4 Å². The van der Waals surface area contributed by atoms with Gasteiger partial charge in [0.25, 0.3) is 0 Å². The normalized spacial score (nSPS) is 13.8. The summed E-state index contributed by atoms with van der Waals surface area (Å²) < 4.78 is 39.3. The fourth-order valence-corrected chi connectivity index (χ4v) is 1.82. The van der Waals surface area contributed by atoms with E-state index in [0.717, 1.165) is 6.07 Å². The topological polar surface area (TPSA) is 32.3 Å². The Morgan fingerprint density at radius 1 is 1.00 bits per heavy atom. The molecule has 2 aromatic carbocycles. The van der Waals surface area contributed by atoms with Crippen LogP contribution in [0.1, 0.15) is 12.5 Å². The molecule has 0 fully saturated rings. The van der Waals surface area contributed by atoms with Crippen molar-refractivity contribution >= 4 is 5.69 Å². The van der Waals surface area contributed by atoms with Crippen LogP contribution < -0.4 is 5.32 Å². The second-order valence-corrected chi connectivity index (χ2v) is 4.74. The van der Waals surface area contributed by atoms with Crippen LogP contribution in [0.5, 0.6) is 0 Å². The monoisotopic (exact) mass is 281 g/mol. The first-order valence-electron chi connectivity index (χ1n) is 6.06. The van der Waals surface area contributed by atoms with E-state index in [0.29, 0.717) is 11.6 Å². The number of benzene rings is 2. The molecule has 5 heteroatoms. The molecule has 20 heavy (non-hydrogen) atoms. The van der Waals surface area contributed by atoms with Crippen LogP contribution in [0.3, 0.4) is 0 Å². The quantitative estimate of drug-likeness (QED) is 0.842. The predicted molar refractivity (Wildman–Crippen MR) is 70.8 cm³/mol. The van der Waals surface area contributed by atoms with E-state index in [1.807, 2.05) is 6.07 Å². The maximum absolute atomic E-state index is 13.5. The maximum Gasteiger partial charge on any atom is 0.161 e. The Hall–Kier alpha value is -2.01. The molecule has 1 unspecified atom stereocenters. The molecule has 0 saturated carbocycles. The summed E-state index contributed by atoms with van der Waals surface area (Å²) in [7, 11) is 0. The van der Waals surface area contributed by atoms with Crippen molar-refractivity contribution in [3.63, 3.8) is 0 Å². The van der Waals surface area contributed by atoms with E-state index < -0.39 is 23.1 Å². The fourth-order valence-electron chi connectivity index (χ4n) is 1.82. The van der Waals surface area contributed by atoms with Gasteiger partial charge < -0.3 is 10.4 Å². The molecule has 0 radical (unpaired) electrons. The third-order valence-electron chi connectivity index (χ3n) is 3.03. The number of rotatable bonds is 4. The van der Waals surface area contributed by atoms with Crippen LogP contribution in [-0.2, 0) is 5.60 Å². The van der Waals surface area contributed by atoms with E-state index in [1.54, 1.807) is 31.2 Å². The number of nitrogens with one attached hydrogen (secondary N) is 1. The van der Waals surface area contributed by atoms with Crippen molar-refractivity contribution in [3.8, 4) is 0 Å². The Balaban J connectivity index is 2.14. The molecule has 2 N–H and O–H groups in total. The van der Waals surface area contributed by atoms with Crippen LogP contribution >= 0.6 is 0 Å². The molecule has 106 valence electrons. The first-order chi connectivity index (χ1) is 9.40. The van der Waals surface area contributed by atoms with Crippen molar-refractivity contribution in [2.24, 2.45) is 0 Å². The minimum atomic E-state index is -1.27. The van der Waals surface area contributed by atoms with Crippen molar-refractivity contribution in [2.75, 3.05) is 11.9 Å². The lowest BCUT2D eigenvalue weighted by atomic mass is 9.96. The van der Waals surface area contributed by atoms with Gasteiger partial charge in [0.15, 0.2) is 11.6 Å². The van der Waals surface area contributed by atoms with Gasteiger partial charge >= 0.3 is 0 Å². The Morgan fingerprint density at radius 2 is 1.60 bits per heavy atom. The highest BCUT2D eigenvalue weighted by Gasteiger charge is 2.23. The number of anilines is 1. The number of aliphatic hydroxyl groups is 1. The van der Waals surface area contributed by atoms with Crippen molar-refractivity contribution in [2.45, 2.75) is 12.5 Å². The molecule has 0 aliphatic heterocycles. The minimum absolute atomic E-state index is 0.0427. The van der Waals surface area contributed by atoms with Crippen molar-refractivity contribution in [1.82, 2.24) is 0 Å². The molecule has 0 bridgehead atoms. The predicted octanol–water partition coefficient (Wildman–Crippen LogP) is 3.42. The van der Waals surface area contributed by atoms with Gasteiger partial charge in [0, 0.05) is 18.7 Å². The Labute approximate surface area is 114 Å². The Bertz CT molecular complexity index is 600. The third-order valence-corrected chi connectivity index (χ3v) is 3.03. The number of hydrogen-bond acceptors (Lipinski definition) is 2. The largest absolute Gasteiger partial charge is 0.384 e. The number of halogens is 3. The van der Waals surface area contributed by atoms with E-state index in [-0.39, 0.29) is 12.2 Å². The van der Waals surface area contributed by atoms with Gasteiger partial charge in [0.05, 0.1) is 5.69 Å². The van der Waals surface area contributed by atoms with E-state index >= 15 is 0 Å². The van der Waals surface area contributed by atoms with Gasteiger partial charge in [-0.05, 0) is 12.5 Å². The van der Waals surface area contributed by atoms with Gasteiger partial charge in [0.2, 0.25) is 0 Å². The van der Waals surface area contributed by atoms with Crippen molar-refractivity contribution in [1.29, 1.82) is 0 Å². The highest BCUT2D eigenvalue weighted by Crippen LogP contribution is 2.23. The molecule has 0 aliphatic carbocycles. The molecule has 2 rings (SSSR count). The van der Waals surface area contributed by atoms with Crippen LogP contribution in [0.25, 0.3) is 0 Å². The fraction of sp³-hybridized carbons (Fsp3) is 0.200. The van der Waals surface area contributed by atoms with Gasteiger partial charge in [-0.1, -0.05) is 30.3 Å². The Morgan fingerprint density at radius 3 is 2.25 bits per heavy atom. The molecule has 1 atom stereocenters. The van der Waals surface area contributed by atoms with E-state index in [4.69, 9.17) is 0 Å². The zero-order valence-electron chi connectivity index (χ0n) is 10.8. The van der Waals surface area contributed by atoms with Gasteiger partial charge in [-0.2, -0.15) is 0 Å². The SMILES string of the molecule is CC(O)(CNc1cc(F)c(F)cc1F)c1ccccc1. The zero-order chi connectivity index (χ0) is 14.8. The first kappa shape index (κ1) is 14.4. The average molecular weight is 281 g/mol. The summed E-state index contributed by atoms with van der Waals surface area (Å²) in [5.41, 5.74) is -0.825. The molecule has 0 amide bonds. The van der Waals surface area contributed by atoms with E-state index in [1.165, 1.54) is 0 Å². The van der Waals surface area contributed by atoms with Crippen LogP contribution in [0.2, 0.25) is 0 Å². The summed E-state index contributed by atoms with van der Waals surface area (Å²) in [4.78, 5) is 0. The second kappa shape index (κ2) is 5.54. The minimum Gasteiger partial charge on any atom is -0.384 e. The summed E-state index contributed by atoms with van der Waals surface area (Å²) in [6.07, 6.45) is 0. The molecule has 0 aliphatic rings. The smallest absolute Gasteiger partial charge is 0.161 e. The summed E-state index contributed by atoms with van der Waals surface area (Å²) in [6.45, 7) is 1.51. The highest BCUT2D eigenvalue weighted by molar-refractivity contribution is 5.46. The van der Waals surface area contributed by atoms with E-state index in [2.05, 4.69) is 5.32 Å². The molecular formula is C15H14F3NO. The molecule has 0 saturated heterocycles. The molecule has 2 aromatic rings. The zero-order valence-corrected chi connectivity index (χ0v) is 10.8. The van der Waals surface area contributed by atoms with Gasteiger partial charge in [-0.3, -0.25) is 0 Å². The summed E-state index contributed by atoms with van der Waals surface area (Å²) in [6, 6.07) is 9.99. The van der Waals surface area contributed by atoms with Crippen LogP contribution in [0.15, 0.2) is 42.5 Å². The molecule has 0 heterocycles. The highest BCUT2D eigenvalue weighted by atomic mass is 19.2. The molecule has 2 nitrogen and oxygen atoms in total. The second-order valence-electron chi connectivity index (χ2n) is 4.74. The first-order valence-corrected chi connectivity index (χ1v) is 6.06.